The van der Waals surface area contributed by atoms with Crippen LogP contribution in [-0.4, -0.2) is 43.1 Å². The number of aromatic nitrogens is 1. The minimum absolute atomic E-state index is 0.325. The third-order valence-corrected chi connectivity index (χ3v) is 4.27. The van der Waals surface area contributed by atoms with Gasteiger partial charge >= 0.3 is 5.97 Å². The second-order valence-electron chi connectivity index (χ2n) is 5.31. The first-order chi connectivity index (χ1) is 12.0. The Kier molecular flexibility index (Phi) is 6.76. The third-order valence-electron chi connectivity index (χ3n) is 3.31. The van der Waals surface area contributed by atoms with E-state index in [0.29, 0.717) is 29.4 Å². The summed E-state index contributed by atoms with van der Waals surface area (Å²) in [5.41, 5.74) is 2.04. The molecule has 0 aliphatic heterocycles. The summed E-state index contributed by atoms with van der Waals surface area (Å²) in [6, 6.07) is 7.66. The van der Waals surface area contributed by atoms with Crippen LogP contribution in [0, 0.1) is 13.8 Å². The molecule has 0 saturated heterocycles. The summed E-state index contributed by atoms with van der Waals surface area (Å²) in [7, 11) is 1.70. The van der Waals surface area contributed by atoms with Gasteiger partial charge in [-0.25, -0.2) is 4.79 Å². The highest BCUT2D eigenvalue weighted by Gasteiger charge is 2.19. The lowest BCUT2D eigenvalue weighted by Crippen LogP contribution is -2.32. The van der Waals surface area contributed by atoms with E-state index in [-0.39, 0.29) is 12.5 Å². The van der Waals surface area contributed by atoms with Gasteiger partial charge in [-0.15, -0.1) is 0 Å². The van der Waals surface area contributed by atoms with E-state index < -0.39 is 5.97 Å². The lowest BCUT2D eigenvalue weighted by Gasteiger charge is -2.09. The average Bonchev–Trinajstić information content (AvgIpc) is 2.97. The fourth-order valence-corrected chi connectivity index (χ4v) is 2.83. The van der Waals surface area contributed by atoms with Gasteiger partial charge in [0.25, 0.3) is 5.91 Å². The molecular formula is C17H21N3O4S. The Balaban J connectivity index is 1.70. The molecule has 2 aromatic rings. The molecule has 1 amide bonds. The number of nitrogens with one attached hydrogen (secondary N) is 2. The fraction of sp³-hybridized carbons (Fsp3) is 0.353. The summed E-state index contributed by atoms with van der Waals surface area (Å²) in [5.74, 6) is -0.199. The lowest BCUT2D eigenvalue weighted by molar-refractivity contribution is -0.124. The quantitative estimate of drug-likeness (QED) is 0.552. The number of aryl methyl sites for hydroxylation is 2. The lowest BCUT2D eigenvalue weighted by atomic mass is 10.2. The number of esters is 1. The summed E-state index contributed by atoms with van der Waals surface area (Å²) < 4.78 is 14.7. The van der Waals surface area contributed by atoms with Crippen molar-refractivity contribution in [3.05, 3.63) is 41.1 Å². The summed E-state index contributed by atoms with van der Waals surface area (Å²) in [5, 5.41) is 6.15. The van der Waals surface area contributed by atoms with Crippen LogP contribution in [0.5, 0.6) is 5.75 Å². The van der Waals surface area contributed by atoms with Crippen molar-refractivity contribution in [2.75, 3.05) is 32.1 Å². The molecule has 0 saturated carbocycles. The predicted molar refractivity (Wildman–Crippen MR) is 96.4 cm³/mol. The molecule has 7 nitrogen and oxygen atoms in total. The van der Waals surface area contributed by atoms with Crippen molar-refractivity contribution in [1.29, 1.82) is 0 Å². The Morgan fingerprint density at radius 2 is 2.08 bits per heavy atom. The number of carbonyl (C=O) groups excluding carboxylic acids is 2. The van der Waals surface area contributed by atoms with E-state index in [9.17, 15) is 9.59 Å². The smallest absolute Gasteiger partial charge is 0.343 e. The molecule has 0 aliphatic rings. The summed E-state index contributed by atoms with van der Waals surface area (Å²) >= 11 is 1.18. The normalized spacial score (nSPS) is 10.2. The molecule has 0 fully saturated rings. The van der Waals surface area contributed by atoms with Crippen LogP contribution in [-0.2, 0) is 9.53 Å². The highest BCUT2D eigenvalue weighted by molar-refractivity contribution is 7.10. The van der Waals surface area contributed by atoms with Crippen molar-refractivity contribution < 1.29 is 19.1 Å². The maximum Gasteiger partial charge on any atom is 0.343 e. The van der Waals surface area contributed by atoms with Crippen molar-refractivity contribution in [1.82, 2.24) is 9.69 Å². The number of anilines is 1. The van der Waals surface area contributed by atoms with Crippen LogP contribution in [0.2, 0.25) is 0 Å². The molecular weight excluding hydrogens is 342 g/mol. The topological polar surface area (TPSA) is 89.5 Å². The molecule has 0 bridgehead atoms. The highest BCUT2D eigenvalue weighted by atomic mass is 32.1. The van der Waals surface area contributed by atoms with Gasteiger partial charge in [-0.3, -0.25) is 4.79 Å². The molecule has 8 heteroatoms. The Morgan fingerprint density at radius 3 is 2.80 bits per heavy atom. The zero-order valence-corrected chi connectivity index (χ0v) is 15.2. The molecule has 0 radical (unpaired) electrons. The van der Waals surface area contributed by atoms with E-state index in [1.807, 2.05) is 31.2 Å². The number of hydrogen-bond donors (Lipinski definition) is 2. The van der Waals surface area contributed by atoms with Gasteiger partial charge in [-0.05, 0) is 43.1 Å². The van der Waals surface area contributed by atoms with Crippen LogP contribution in [0.3, 0.4) is 0 Å². The van der Waals surface area contributed by atoms with Gasteiger partial charge in [0.05, 0.1) is 12.2 Å². The summed E-state index contributed by atoms with van der Waals surface area (Å²) in [4.78, 5) is 23.8. The van der Waals surface area contributed by atoms with E-state index in [2.05, 4.69) is 15.0 Å². The van der Waals surface area contributed by atoms with Crippen molar-refractivity contribution in [2.24, 2.45) is 0 Å². The molecule has 0 unspecified atom stereocenters. The Morgan fingerprint density at radius 1 is 1.28 bits per heavy atom. The van der Waals surface area contributed by atoms with Gasteiger partial charge in [0.15, 0.2) is 6.61 Å². The minimum atomic E-state index is -0.568. The molecule has 0 spiro atoms. The van der Waals surface area contributed by atoms with Gasteiger partial charge in [-0.1, -0.05) is 12.1 Å². The zero-order valence-electron chi connectivity index (χ0n) is 14.4. The monoisotopic (exact) mass is 363 g/mol. The Labute approximate surface area is 150 Å². The molecule has 25 heavy (non-hydrogen) atoms. The van der Waals surface area contributed by atoms with Crippen molar-refractivity contribution in [3.63, 3.8) is 0 Å². The number of carbonyl (C=O) groups is 2. The molecule has 0 aliphatic carbocycles. The van der Waals surface area contributed by atoms with Gasteiger partial charge in [0, 0.05) is 7.05 Å². The van der Waals surface area contributed by atoms with E-state index in [1.54, 1.807) is 14.0 Å². The van der Waals surface area contributed by atoms with E-state index >= 15 is 0 Å². The number of ether oxygens (including phenoxy) is 2. The second-order valence-corrected chi connectivity index (χ2v) is 6.09. The van der Waals surface area contributed by atoms with E-state index in [4.69, 9.17) is 9.47 Å². The van der Waals surface area contributed by atoms with Crippen LogP contribution < -0.4 is 15.4 Å². The van der Waals surface area contributed by atoms with Gasteiger partial charge in [0.2, 0.25) is 0 Å². The molecule has 1 heterocycles. The van der Waals surface area contributed by atoms with E-state index in [0.717, 1.165) is 11.3 Å². The SMILES string of the molecule is CNc1snc(C)c1C(=O)OCC(=O)NCCOc1cccc(C)c1. The first kappa shape index (κ1) is 18.7. The molecule has 134 valence electrons. The van der Waals surface area contributed by atoms with Crippen molar-refractivity contribution in [3.8, 4) is 5.75 Å². The summed E-state index contributed by atoms with van der Waals surface area (Å²) in [6.45, 7) is 4.01. The maximum absolute atomic E-state index is 12.1. The van der Waals surface area contributed by atoms with E-state index in [1.165, 1.54) is 11.5 Å². The molecule has 1 aromatic heterocycles. The van der Waals surface area contributed by atoms with Gasteiger partial charge in [0.1, 0.15) is 22.9 Å². The zero-order chi connectivity index (χ0) is 18.2. The first-order valence-corrected chi connectivity index (χ1v) is 8.56. The van der Waals surface area contributed by atoms with Gasteiger partial charge < -0.3 is 20.1 Å². The van der Waals surface area contributed by atoms with Crippen LogP contribution in [0.1, 0.15) is 21.6 Å². The second kappa shape index (κ2) is 9.03. The van der Waals surface area contributed by atoms with Crippen molar-refractivity contribution in [2.45, 2.75) is 13.8 Å². The Bertz CT molecular complexity index is 745. The predicted octanol–water partition coefficient (Wildman–Crippen LogP) is 2.15. The number of rotatable bonds is 8. The minimum Gasteiger partial charge on any atom is -0.492 e. The molecule has 2 N–H and O–H groups in total. The number of nitrogens with zero attached hydrogens (tertiary/aromatic N) is 1. The summed E-state index contributed by atoms with van der Waals surface area (Å²) in [6.07, 6.45) is 0. The van der Waals surface area contributed by atoms with Gasteiger partial charge in [-0.2, -0.15) is 4.37 Å². The fourth-order valence-electron chi connectivity index (χ4n) is 2.10. The number of benzene rings is 1. The highest BCUT2D eigenvalue weighted by Crippen LogP contribution is 2.24. The number of amides is 1. The standard InChI is InChI=1S/C17H21N3O4S/c1-11-5-4-6-13(9-11)23-8-7-19-14(21)10-24-17(22)15-12(2)20-25-16(15)18-3/h4-6,9,18H,7-8,10H2,1-3H3,(H,19,21). The van der Waals surface area contributed by atoms with Crippen molar-refractivity contribution >= 4 is 28.4 Å². The van der Waals surface area contributed by atoms with Crippen LogP contribution >= 0.6 is 11.5 Å². The third kappa shape index (κ3) is 5.46. The molecule has 0 atom stereocenters. The Hall–Kier alpha value is -2.61. The van der Waals surface area contributed by atoms with Crippen LogP contribution in [0.25, 0.3) is 0 Å². The van der Waals surface area contributed by atoms with Crippen LogP contribution in [0.15, 0.2) is 24.3 Å². The molecule has 1 aromatic carbocycles. The first-order valence-electron chi connectivity index (χ1n) is 7.78. The number of hydrogen-bond acceptors (Lipinski definition) is 7. The average molecular weight is 363 g/mol. The molecule has 2 rings (SSSR count). The maximum atomic E-state index is 12.1. The largest absolute Gasteiger partial charge is 0.492 e. The van der Waals surface area contributed by atoms with Crippen LogP contribution in [0.4, 0.5) is 5.00 Å².